The summed E-state index contributed by atoms with van der Waals surface area (Å²) in [6.45, 7) is 1.76. The van der Waals surface area contributed by atoms with Crippen LogP contribution in [-0.2, 0) is 0 Å². The van der Waals surface area contributed by atoms with Crippen LogP contribution in [0, 0.1) is 18.6 Å². The molecule has 1 amide bonds. The summed E-state index contributed by atoms with van der Waals surface area (Å²) in [5.41, 5.74) is 6.83. The Morgan fingerprint density at radius 1 is 1.20 bits per heavy atom. The maximum atomic E-state index is 13.6. The van der Waals surface area contributed by atoms with Gasteiger partial charge >= 0.3 is 0 Å². The van der Waals surface area contributed by atoms with Crippen molar-refractivity contribution in [2.75, 3.05) is 11.1 Å². The van der Waals surface area contributed by atoms with Crippen LogP contribution in [-0.4, -0.2) is 5.91 Å². The Morgan fingerprint density at radius 3 is 2.60 bits per heavy atom. The molecule has 3 N–H and O–H groups in total. The molecule has 0 fully saturated rings. The highest BCUT2D eigenvalue weighted by Gasteiger charge is 2.16. The van der Waals surface area contributed by atoms with Crippen molar-refractivity contribution in [3.8, 4) is 0 Å². The zero-order valence-corrected chi connectivity index (χ0v) is 11.3. The fraction of sp³-hybridized carbons (Fsp3) is 0.0714. The van der Waals surface area contributed by atoms with Crippen LogP contribution in [0.1, 0.15) is 15.9 Å². The zero-order valence-electron chi connectivity index (χ0n) is 10.5. The Balaban J connectivity index is 2.33. The molecule has 0 aliphatic rings. The summed E-state index contributed by atoms with van der Waals surface area (Å²) in [5.74, 6) is -2.52. The second-order valence-electron chi connectivity index (χ2n) is 4.27. The minimum Gasteiger partial charge on any atom is -0.399 e. The summed E-state index contributed by atoms with van der Waals surface area (Å²) in [6, 6.07) is 6.45. The molecule has 0 aliphatic carbocycles. The van der Waals surface area contributed by atoms with Crippen LogP contribution < -0.4 is 11.1 Å². The van der Waals surface area contributed by atoms with Gasteiger partial charge < -0.3 is 11.1 Å². The molecular formula is C14H11ClF2N2O. The van der Waals surface area contributed by atoms with Crippen molar-refractivity contribution in [1.29, 1.82) is 0 Å². The molecule has 2 rings (SSSR count). The molecule has 0 radical (unpaired) electrons. The lowest BCUT2D eigenvalue weighted by Crippen LogP contribution is -2.15. The van der Waals surface area contributed by atoms with Gasteiger partial charge in [0.2, 0.25) is 0 Å². The van der Waals surface area contributed by atoms with Gasteiger partial charge in [-0.05, 0) is 36.8 Å². The number of nitrogens with one attached hydrogen (secondary N) is 1. The van der Waals surface area contributed by atoms with Crippen molar-refractivity contribution >= 4 is 28.9 Å². The van der Waals surface area contributed by atoms with Gasteiger partial charge in [0.15, 0.2) is 0 Å². The number of hydrogen-bond donors (Lipinski definition) is 2. The van der Waals surface area contributed by atoms with Gasteiger partial charge in [-0.2, -0.15) is 0 Å². The second-order valence-corrected chi connectivity index (χ2v) is 4.68. The third kappa shape index (κ3) is 2.88. The van der Waals surface area contributed by atoms with Gasteiger partial charge in [0.25, 0.3) is 5.91 Å². The molecule has 0 saturated carbocycles. The summed E-state index contributed by atoms with van der Waals surface area (Å²) in [5, 5.41) is 2.11. The molecular weight excluding hydrogens is 286 g/mol. The normalized spacial score (nSPS) is 10.4. The van der Waals surface area contributed by atoms with E-state index in [0.29, 0.717) is 11.4 Å². The number of carbonyl (C=O) groups excluding carboxylic acids is 1. The average molecular weight is 297 g/mol. The summed E-state index contributed by atoms with van der Waals surface area (Å²) < 4.78 is 26.9. The van der Waals surface area contributed by atoms with E-state index in [-0.39, 0.29) is 5.02 Å². The highest BCUT2D eigenvalue weighted by molar-refractivity contribution is 6.30. The molecule has 6 heteroatoms. The number of aryl methyl sites for hydroxylation is 1. The van der Waals surface area contributed by atoms with Crippen LogP contribution in [0.3, 0.4) is 0 Å². The van der Waals surface area contributed by atoms with E-state index in [1.165, 1.54) is 6.07 Å². The van der Waals surface area contributed by atoms with E-state index in [2.05, 4.69) is 5.32 Å². The fourth-order valence-electron chi connectivity index (χ4n) is 1.66. The molecule has 2 aromatic carbocycles. The molecule has 0 aromatic heterocycles. The Kier molecular flexibility index (Phi) is 3.90. The van der Waals surface area contributed by atoms with Crippen LogP contribution in [0.25, 0.3) is 0 Å². The molecule has 0 spiro atoms. The van der Waals surface area contributed by atoms with E-state index < -0.39 is 23.1 Å². The highest BCUT2D eigenvalue weighted by atomic mass is 35.5. The molecule has 0 bridgehead atoms. The first kappa shape index (κ1) is 14.3. The first-order valence-electron chi connectivity index (χ1n) is 5.70. The van der Waals surface area contributed by atoms with Crippen LogP contribution in [0.4, 0.5) is 20.2 Å². The van der Waals surface area contributed by atoms with Crippen LogP contribution in [0.2, 0.25) is 5.02 Å². The summed E-state index contributed by atoms with van der Waals surface area (Å²) in [7, 11) is 0. The van der Waals surface area contributed by atoms with Gasteiger partial charge in [-0.15, -0.1) is 0 Å². The largest absolute Gasteiger partial charge is 0.399 e. The Morgan fingerprint density at radius 2 is 1.90 bits per heavy atom. The summed E-state index contributed by atoms with van der Waals surface area (Å²) in [6.07, 6.45) is 0. The molecule has 0 aliphatic heterocycles. The predicted octanol–water partition coefficient (Wildman–Crippen LogP) is 3.76. The first-order chi connectivity index (χ1) is 9.38. The van der Waals surface area contributed by atoms with E-state index in [4.69, 9.17) is 17.3 Å². The van der Waals surface area contributed by atoms with Crippen LogP contribution in [0.5, 0.6) is 0 Å². The minimum absolute atomic E-state index is 0.376. The van der Waals surface area contributed by atoms with Crippen molar-refractivity contribution in [2.45, 2.75) is 6.92 Å². The zero-order chi connectivity index (χ0) is 14.9. The molecule has 3 nitrogen and oxygen atoms in total. The van der Waals surface area contributed by atoms with Crippen LogP contribution >= 0.6 is 11.6 Å². The van der Waals surface area contributed by atoms with Crippen LogP contribution in [0.15, 0.2) is 30.3 Å². The molecule has 20 heavy (non-hydrogen) atoms. The number of carbonyl (C=O) groups is 1. The minimum atomic E-state index is -0.893. The van der Waals surface area contributed by atoms with Crippen molar-refractivity contribution in [3.63, 3.8) is 0 Å². The van der Waals surface area contributed by atoms with Crippen molar-refractivity contribution in [1.82, 2.24) is 0 Å². The SMILES string of the molecule is Cc1ccc(N)cc1NC(=O)c1cc(F)c(Cl)cc1F. The van der Waals surface area contributed by atoms with E-state index in [1.54, 1.807) is 19.1 Å². The number of benzene rings is 2. The summed E-state index contributed by atoms with van der Waals surface area (Å²) >= 11 is 5.43. The standard InChI is InChI=1S/C14H11ClF2N2O/c1-7-2-3-8(18)4-13(7)19-14(20)9-5-12(17)10(15)6-11(9)16/h2-6H,18H2,1H3,(H,19,20). The Bertz CT molecular complexity index is 689. The number of nitrogen functional groups attached to an aromatic ring is 1. The third-order valence-corrected chi connectivity index (χ3v) is 3.05. The van der Waals surface area contributed by atoms with Gasteiger partial charge in [0, 0.05) is 11.4 Å². The summed E-state index contributed by atoms with van der Waals surface area (Å²) in [4.78, 5) is 12.0. The van der Waals surface area contributed by atoms with E-state index in [1.807, 2.05) is 0 Å². The third-order valence-electron chi connectivity index (χ3n) is 2.76. The first-order valence-corrected chi connectivity index (χ1v) is 6.08. The topological polar surface area (TPSA) is 55.1 Å². The highest BCUT2D eigenvalue weighted by Crippen LogP contribution is 2.22. The lowest BCUT2D eigenvalue weighted by molar-refractivity contribution is 0.102. The van der Waals surface area contributed by atoms with Crippen molar-refractivity contribution < 1.29 is 13.6 Å². The van der Waals surface area contributed by atoms with Gasteiger partial charge in [-0.25, -0.2) is 8.78 Å². The monoisotopic (exact) mass is 296 g/mol. The molecule has 2 aromatic rings. The van der Waals surface area contributed by atoms with Crippen molar-refractivity contribution in [2.24, 2.45) is 0 Å². The molecule has 0 heterocycles. The van der Waals surface area contributed by atoms with Gasteiger partial charge in [-0.3, -0.25) is 4.79 Å². The quantitative estimate of drug-likeness (QED) is 0.655. The van der Waals surface area contributed by atoms with Gasteiger partial charge in [0.05, 0.1) is 10.6 Å². The molecule has 0 saturated heterocycles. The molecule has 0 unspecified atom stereocenters. The van der Waals surface area contributed by atoms with E-state index in [9.17, 15) is 13.6 Å². The van der Waals surface area contributed by atoms with E-state index in [0.717, 1.165) is 17.7 Å². The van der Waals surface area contributed by atoms with Crippen molar-refractivity contribution in [3.05, 3.63) is 58.1 Å². The number of halogens is 3. The Labute approximate surface area is 119 Å². The lowest BCUT2D eigenvalue weighted by atomic mass is 10.1. The maximum absolute atomic E-state index is 13.6. The smallest absolute Gasteiger partial charge is 0.258 e. The number of amides is 1. The van der Waals surface area contributed by atoms with Gasteiger partial charge in [-0.1, -0.05) is 17.7 Å². The second kappa shape index (κ2) is 5.46. The molecule has 104 valence electrons. The predicted molar refractivity (Wildman–Crippen MR) is 74.9 cm³/mol. The fourth-order valence-corrected chi connectivity index (χ4v) is 1.81. The van der Waals surface area contributed by atoms with E-state index >= 15 is 0 Å². The molecule has 0 atom stereocenters. The maximum Gasteiger partial charge on any atom is 0.258 e. The average Bonchev–Trinajstić information content (AvgIpc) is 2.38. The number of nitrogens with two attached hydrogens (primary N) is 1. The Hall–Kier alpha value is -2.14. The number of rotatable bonds is 2. The van der Waals surface area contributed by atoms with Gasteiger partial charge in [0.1, 0.15) is 11.6 Å². The number of anilines is 2. The lowest BCUT2D eigenvalue weighted by Gasteiger charge is -2.10. The number of hydrogen-bond acceptors (Lipinski definition) is 2.